The topological polar surface area (TPSA) is 0 Å². The minimum absolute atomic E-state index is 0.504. The summed E-state index contributed by atoms with van der Waals surface area (Å²) in [6.07, 6.45) is 14.2. The summed E-state index contributed by atoms with van der Waals surface area (Å²) in [5.41, 5.74) is 3.00. The first-order valence-corrected chi connectivity index (χ1v) is 9.65. The van der Waals surface area contributed by atoms with Gasteiger partial charge in [-0.1, -0.05) is 37.3 Å². The zero-order valence-electron chi connectivity index (χ0n) is 14.5. The van der Waals surface area contributed by atoms with Crippen molar-refractivity contribution in [3.05, 3.63) is 47.8 Å². The Bertz CT molecular complexity index is 485. The number of allylic oxidation sites excluding steroid dienone is 1. The summed E-state index contributed by atoms with van der Waals surface area (Å²) in [5.74, 6) is 3.12. The molecule has 0 spiro atoms. The Hall–Kier alpha value is -1.11. The van der Waals surface area contributed by atoms with E-state index in [-0.39, 0.29) is 0 Å². The molecule has 0 unspecified atom stereocenters. The molecule has 1 aromatic rings. The Morgan fingerprint density at radius 3 is 1.96 bits per heavy atom. The first-order chi connectivity index (χ1) is 11.3. The predicted octanol–water partition coefficient (Wildman–Crippen LogP) is 6.81. The molecule has 0 aromatic heterocycles. The second-order valence-electron chi connectivity index (χ2n) is 7.70. The van der Waals surface area contributed by atoms with Crippen LogP contribution in [0.5, 0.6) is 0 Å². The highest BCUT2D eigenvalue weighted by atomic mass is 19.1. The molecule has 2 fully saturated rings. The van der Waals surface area contributed by atoms with Crippen LogP contribution in [-0.4, -0.2) is 0 Å². The molecule has 3 rings (SSSR count). The molecule has 2 saturated carbocycles. The van der Waals surface area contributed by atoms with Gasteiger partial charge in [0.2, 0.25) is 0 Å². The van der Waals surface area contributed by atoms with Crippen molar-refractivity contribution in [2.75, 3.05) is 0 Å². The molecule has 0 saturated heterocycles. The van der Waals surface area contributed by atoms with E-state index in [4.69, 9.17) is 0 Å². The summed E-state index contributed by atoms with van der Waals surface area (Å²) in [4.78, 5) is 0. The average molecular weight is 314 g/mol. The van der Waals surface area contributed by atoms with Crippen molar-refractivity contribution in [1.82, 2.24) is 0 Å². The van der Waals surface area contributed by atoms with Crippen molar-refractivity contribution in [2.24, 2.45) is 17.8 Å². The molecule has 0 atom stereocenters. The van der Waals surface area contributed by atoms with Gasteiger partial charge in [-0.2, -0.15) is 0 Å². The maximum Gasteiger partial charge on any atom is 0.0829 e. The monoisotopic (exact) mass is 314 g/mol. The van der Waals surface area contributed by atoms with Gasteiger partial charge in [0.25, 0.3) is 0 Å². The number of rotatable bonds is 4. The van der Waals surface area contributed by atoms with Crippen molar-refractivity contribution in [3.8, 4) is 0 Å². The molecule has 0 nitrogen and oxygen atoms in total. The van der Waals surface area contributed by atoms with Crippen molar-refractivity contribution < 1.29 is 4.39 Å². The number of benzene rings is 1. The van der Waals surface area contributed by atoms with Gasteiger partial charge in [-0.25, -0.2) is 4.39 Å². The fourth-order valence-corrected chi connectivity index (χ4v) is 4.86. The second kappa shape index (κ2) is 8.13. The zero-order chi connectivity index (χ0) is 16.1. The van der Waals surface area contributed by atoms with Gasteiger partial charge < -0.3 is 0 Å². The first-order valence-electron chi connectivity index (χ1n) is 9.65. The first kappa shape index (κ1) is 16.7. The van der Waals surface area contributed by atoms with Crippen LogP contribution in [0.1, 0.15) is 75.3 Å². The van der Waals surface area contributed by atoms with E-state index < -0.39 is 0 Å². The maximum atomic E-state index is 12.3. The van der Waals surface area contributed by atoms with Crippen LogP contribution in [-0.2, 0) is 6.42 Å². The molecule has 0 amide bonds. The van der Waals surface area contributed by atoms with Gasteiger partial charge in [0.05, 0.1) is 6.33 Å². The summed E-state index contributed by atoms with van der Waals surface area (Å²) in [6, 6.07) is 9.33. The smallest absolute Gasteiger partial charge is 0.0829 e. The molecule has 1 aromatic carbocycles. The van der Waals surface area contributed by atoms with Crippen molar-refractivity contribution >= 4 is 0 Å². The van der Waals surface area contributed by atoms with Crippen molar-refractivity contribution in [1.29, 1.82) is 0 Å². The van der Waals surface area contributed by atoms with Crippen LogP contribution in [0, 0.1) is 17.8 Å². The van der Waals surface area contributed by atoms with Gasteiger partial charge in [-0.15, -0.1) is 0 Å². The van der Waals surface area contributed by atoms with Gasteiger partial charge in [-0.05, 0) is 92.6 Å². The molecule has 126 valence electrons. The molecule has 0 heterocycles. The highest BCUT2D eigenvalue weighted by Crippen LogP contribution is 2.44. The lowest BCUT2D eigenvalue weighted by atomic mass is 9.68. The Balaban J connectivity index is 1.48. The third-order valence-electron chi connectivity index (χ3n) is 6.46. The molecule has 2 aliphatic carbocycles. The molecule has 0 N–H and O–H groups in total. The maximum absolute atomic E-state index is 12.3. The Labute approximate surface area is 141 Å². The summed E-state index contributed by atoms with van der Waals surface area (Å²) >= 11 is 0. The van der Waals surface area contributed by atoms with Crippen molar-refractivity contribution in [3.63, 3.8) is 0 Å². The number of halogens is 1. The van der Waals surface area contributed by atoms with E-state index in [2.05, 4.69) is 31.2 Å². The largest absolute Gasteiger partial charge is 0.216 e. The predicted molar refractivity (Wildman–Crippen MR) is 96.2 cm³/mol. The van der Waals surface area contributed by atoms with Crippen LogP contribution in [0.15, 0.2) is 36.7 Å². The standard InChI is InChI=1S/C22H31F/c1-2-17-3-7-19(8-4-17)21-11-13-22(14-12-21)20-9-5-18(6-10-20)15-16-23/h3-4,7-8,15-16,18,20-22H,2,5-6,9-14H2,1H3/t18-,20-,21-,22-. The summed E-state index contributed by atoms with van der Waals surface area (Å²) in [7, 11) is 0. The van der Waals surface area contributed by atoms with Gasteiger partial charge in [0.15, 0.2) is 0 Å². The van der Waals surface area contributed by atoms with Crippen LogP contribution in [0.4, 0.5) is 4.39 Å². The molecular weight excluding hydrogens is 283 g/mol. The van der Waals surface area contributed by atoms with Gasteiger partial charge in [0, 0.05) is 0 Å². The van der Waals surface area contributed by atoms with Crippen LogP contribution in [0.25, 0.3) is 0 Å². The van der Waals surface area contributed by atoms with Crippen LogP contribution < -0.4 is 0 Å². The molecule has 1 heteroatoms. The van der Waals surface area contributed by atoms with E-state index in [0.29, 0.717) is 5.92 Å². The summed E-state index contributed by atoms with van der Waals surface area (Å²) in [5, 5.41) is 0. The zero-order valence-corrected chi connectivity index (χ0v) is 14.5. The van der Waals surface area contributed by atoms with E-state index in [0.717, 1.165) is 30.5 Å². The Kier molecular flexibility index (Phi) is 5.91. The number of hydrogen-bond donors (Lipinski definition) is 0. The molecular formula is C22H31F. The lowest BCUT2D eigenvalue weighted by Crippen LogP contribution is -2.25. The van der Waals surface area contributed by atoms with E-state index >= 15 is 0 Å². The molecule has 0 bridgehead atoms. The van der Waals surface area contributed by atoms with Crippen LogP contribution in [0.3, 0.4) is 0 Å². The Morgan fingerprint density at radius 2 is 1.43 bits per heavy atom. The van der Waals surface area contributed by atoms with Crippen LogP contribution in [0.2, 0.25) is 0 Å². The molecule has 2 aliphatic rings. The van der Waals surface area contributed by atoms with E-state index in [9.17, 15) is 4.39 Å². The minimum atomic E-state index is 0.504. The summed E-state index contributed by atoms with van der Waals surface area (Å²) in [6.45, 7) is 2.22. The average Bonchev–Trinajstić information content (AvgIpc) is 2.63. The number of aryl methyl sites for hydroxylation is 1. The van der Waals surface area contributed by atoms with E-state index in [1.807, 2.05) is 0 Å². The third-order valence-corrected chi connectivity index (χ3v) is 6.46. The van der Waals surface area contributed by atoms with E-state index in [1.54, 1.807) is 11.6 Å². The fraction of sp³-hybridized carbons (Fsp3) is 0.636. The highest BCUT2D eigenvalue weighted by molar-refractivity contribution is 5.25. The lowest BCUT2D eigenvalue weighted by Gasteiger charge is -2.37. The quantitative estimate of drug-likeness (QED) is 0.572. The molecule has 0 aliphatic heterocycles. The van der Waals surface area contributed by atoms with Crippen molar-refractivity contribution in [2.45, 2.75) is 70.6 Å². The Morgan fingerprint density at radius 1 is 0.870 bits per heavy atom. The van der Waals surface area contributed by atoms with Gasteiger partial charge >= 0.3 is 0 Å². The van der Waals surface area contributed by atoms with Gasteiger partial charge in [-0.3, -0.25) is 0 Å². The normalized spacial score (nSPS) is 32.3. The third kappa shape index (κ3) is 4.25. The van der Waals surface area contributed by atoms with Gasteiger partial charge in [0.1, 0.15) is 0 Å². The SMILES string of the molecule is CCc1ccc([C@H]2CC[C@H]([C@H]3CC[C@H](C=CF)CC3)CC2)cc1. The minimum Gasteiger partial charge on any atom is -0.216 e. The van der Waals surface area contributed by atoms with E-state index in [1.165, 1.54) is 56.9 Å². The highest BCUT2D eigenvalue weighted by Gasteiger charge is 2.30. The second-order valence-corrected chi connectivity index (χ2v) is 7.70. The number of hydrogen-bond acceptors (Lipinski definition) is 0. The summed E-state index contributed by atoms with van der Waals surface area (Å²) < 4.78 is 12.3. The van der Waals surface area contributed by atoms with Crippen LogP contribution >= 0.6 is 0 Å². The molecule has 23 heavy (non-hydrogen) atoms. The molecule has 0 radical (unpaired) electrons. The fourth-order valence-electron chi connectivity index (χ4n) is 4.86. The lowest BCUT2D eigenvalue weighted by molar-refractivity contribution is 0.171.